The molecule has 3 rings (SSSR count). The lowest BCUT2D eigenvalue weighted by Gasteiger charge is -2.30. The van der Waals surface area contributed by atoms with Crippen LogP contribution in [0.4, 0.5) is 0 Å². The molecule has 1 aromatic heterocycles. The van der Waals surface area contributed by atoms with E-state index in [9.17, 15) is 13.2 Å². The lowest BCUT2D eigenvalue weighted by atomic mass is 10.1. The van der Waals surface area contributed by atoms with Crippen LogP contribution in [0, 0.1) is 13.8 Å². The van der Waals surface area contributed by atoms with E-state index in [2.05, 4.69) is 10.4 Å². The number of aryl methyl sites for hydroxylation is 3. The van der Waals surface area contributed by atoms with Crippen LogP contribution in [0.2, 0.25) is 0 Å². The molecular weight excluding hydrogens is 388 g/mol. The molecule has 0 radical (unpaired) electrons. The average molecular weight is 417 g/mol. The van der Waals surface area contributed by atoms with E-state index >= 15 is 0 Å². The van der Waals surface area contributed by atoms with Gasteiger partial charge in [-0.3, -0.25) is 9.48 Å². The van der Waals surface area contributed by atoms with Gasteiger partial charge in [0.1, 0.15) is 10.6 Å². The van der Waals surface area contributed by atoms with Gasteiger partial charge in [0.25, 0.3) is 15.9 Å². The van der Waals surface area contributed by atoms with E-state index in [0.717, 1.165) is 15.7 Å². The molecule has 2 heterocycles. The van der Waals surface area contributed by atoms with Crippen LogP contribution in [0.5, 0.6) is 0 Å². The fraction of sp³-hybridized carbons (Fsp3) is 0.429. The third kappa shape index (κ3) is 4.07. The summed E-state index contributed by atoms with van der Waals surface area (Å²) in [6, 6.07) is 10.8. The molecule has 1 aliphatic rings. The van der Waals surface area contributed by atoms with Gasteiger partial charge in [-0.1, -0.05) is 30.3 Å². The molecule has 1 amide bonds. The van der Waals surface area contributed by atoms with Gasteiger partial charge >= 0.3 is 0 Å². The van der Waals surface area contributed by atoms with Crippen LogP contribution in [-0.4, -0.2) is 40.5 Å². The molecule has 2 aromatic rings. The molecule has 1 aliphatic heterocycles. The molecule has 0 spiro atoms. The molecule has 29 heavy (non-hydrogen) atoms. The minimum absolute atomic E-state index is 0.0455. The number of carbonyl (C=O) groups excluding carboxylic acids is 1. The summed E-state index contributed by atoms with van der Waals surface area (Å²) in [4.78, 5) is 13.1. The Labute approximate surface area is 172 Å². The van der Waals surface area contributed by atoms with Crippen molar-refractivity contribution in [3.05, 3.63) is 59.0 Å². The summed E-state index contributed by atoms with van der Waals surface area (Å²) in [7, 11) is -3.95. The highest BCUT2D eigenvalue weighted by atomic mass is 32.2. The third-order valence-electron chi connectivity index (χ3n) is 4.72. The average Bonchev–Trinajstić information content (AvgIpc) is 3.03. The van der Waals surface area contributed by atoms with Crippen molar-refractivity contribution in [1.82, 2.24) is 19.4 Å². The highest BCUT2D eigenvalue weighted by Crippen LogP contribution is 2.38. The van der Waals surface area contributed by atoms with Crippen molar-refractivity contribution < 1.29 is 13.2 Å². The number of carbonyl (C=O) groups is 1. The van der Waals surface area contributed by atoms with Crippen LogP contribution in [0.25, 0.3) is 4.91 Å². The first-order valence-corrected chi connectivity index (χ1v) is 11.1. The summed E-state index contributed by atoms with van der Waals surface area (Å²) in [5.74, 6) is -0.512. The molecular formula is C21H28N4O3S. The topological polar surface area (TPSA) is 84.3 Å². The van der Waals surface area contributed by atoms with Crippen molar-refractivity contribution in [2.24, 2.45) is 0 Å². The summed E-state index contributed by atoms with van der Waals surface area (Å²) in [6.07, 6.45) is 0.705. The molecule has 156 valence electrons. The SMILES string of the molecule is Cc1cc(C)n(CCCNC2=C(c3ccccc3)S(=O)(=O)N(C(C)(C)C)C2=O)n1. The van der Waals surface area contributed by atoms with Gasteiger partial charge in [-0.2, -0.15) is 5.10 Å². The maximum atomic E-state index is 13.3. The summed E-state index contributed by atoms with van der Waals surface area (Å²) in [6.45, 7) is 10.2. The highest BCUT2D eigenvalue weighted by Gasteiger charge is 2.49. The molecule has 0 fully saturated rings. The zero-order valence-corrected chi connectivity index (χ0v) is 18.4. The fourth-order valence-corrected chi connectivity index (χ4v) is 5.64. The van der Waals surface area contributed by atoms with Crippen molar-refractivity contribution in [2.75, 3.05) is 6.54 Å². The Kier molecular flexibility index (Phi) is 5.58. The zero-order chi connectivity index (χ0) is 21.4. The first kappa shape index (κ1) is 21.1. The summed E-state index contributed by atoms with van der Waals surface area (Å²) < 4.78 is 29.4. The van der Waals surface area contributed by atoms with E-state index in [0.29, 0.717) is 25.1 Å². The lowest BCUT2D eigenvalue weighted by Crippen LogP contribution is -2.46. The number of benzene rings is 1. The molecule has 0 unspecified atom stereocenters. The zero-order valence-electron chi connectivity index (χ0n) is 17.6. The van der Waals surface area contributed by atoms with E-state index in [-0.39, 0.29) is 10.6 Å². The molecule has 8 heteroatoms. The number of hydrogen-bond donors (Lipinski definition) is 1. The Morgan fingerprint density at radius 3 is 2.31 bits per heavy atom. The molecule has 1 aromatic carbocycles. The quantitative estimate of drug-likeness (QED) is 0.732. The van der Waals surface area contributed by atoms with Crippen molar-refractivity contribution in [3.8, 4) is 0 Å². The Morgan fingerprint density at radius 2 is 1.76 bits per heavy atom. The van der Waals surface area contributed by atoms with Crippen molar-refractivity contribution in [1.29, 1.82) is 0 Å². The summed E-state index contributed by atoms with van der Waals surface area (Å²) in [5, 5.41) is 7.53. The minimum Gasteiger partial charge on any atom is -0.379 e. The molecule has 1 N–H and O–H groups in total. The number of hydrogen-bond acceptors (Lipinski definition) is 5. The van der Waals surface area contributed by atoms with Gasteiger partial charge in [-0.15, -0.1) is 0 Å². The first-order chi connectivity index (χ1) is 13.5. The van der Waals surface area contributed by atoms with Crippen LogP contribution in [0.15, 0.2) is 42.1 Å². The second kappa shape index (κ2) is 7.67. The van der Waals surface area contributed by atoms with Crippen LogP contribution in [-0.2, 0) is 21.4 Å². The van der Waals surface area contributed by atoms with Gasteiger partial charge in [-0.05, 0) is 52.7 Å². The van der Waals surface area contributed by atoms with Gasteiger partial charge in [0.2, 0.25) is 0 Å². The second-order valence-electron chi connectivity index (χ2n) is 8.25. The maximum absolute atomic E-state index is 13.3. The van der Waals surface area contributed by atoms with E-state index < -0.39 is 21.5 Å². The van der Waals surface area contributed by atoms with Gasteiger partial charge in [0, 0.05) is 18.8 Å². The van der Waals surface area contributed by atoms with Crippen LogP contribution >= 0.6 is 0 Å². The number of sulfonamides is 1. The Bertz CT molecular complexity index is 1050. The predicted octanol–water partition coefficient (Wildman–Crippen LogP) is 2.82. The highest BCUT2D eigenvalue weighted by molar-refractivity contribution is 7.99. The Hall–Kier alpha value is -2.61. The van der Waals surface area contributed by atoms with Gasteiger partial charge in [-0.25, -0.2) is 12.7 Å². The largest absolute Gasteiger partial charge is 0.379 e. The number of aromatic nitrogens is 2. The van der Waals surface area contributed by atoms with Crippen LogP contribution < -0.4 is 5.32 Å². The van der Waals surface area contributed by atoms with E-state index in [4.69, 9.17) is 0 Å². The van der Waals surface area contributed by atoms with Gasteiger partial charge in [0.05, 0.1) is 11.2 Å². The lowest BCUT2D eigenvalue weighted by molar-refractivity contribution is -0.125. The fourth-order valence-electron chi connectivity index (χ4n) is 3.58. The van der Waals surface area contributed by atoms with Gasteiger partial charge < -0.3 is 5.32 Å². The third-order valence-corrected chi connectivity index (χ3v) is 6.87. The van der Waals surface area contributed by atoms with E-state index in [1.54, 1.807) is 45.0 Å². The number of rotatable bonds is 6. The minimum atomic E-state index is -3.95. The van der Waals surface area contributed by atoms with E-state index in [1.807, 2.05) is 30.7 Å². The van der Waals surface area contributed by atoms with Crippen LogP contribution in [0.3, 0.4) is 0 Å². The van der Waals surface area contributed by atoms with Gasteiger partial charge in [0.15, 0.2) is 0 Å². The monoisotopic (exact) mass is 416 g/mol. The molecule has 0 saturated carbocycles. The molecule has 0 saturated heterocycles. The predicted molar refractivity (Wildman–Crippen MR) is 113 cm³/mol. The maximum Gasteiger partial charge on any atom is 0.285 e. The summed E-state index contributed by atoms with van der Waals surface area (Å²) in [5.41, 5.74) is 1.82. The number of nitrogens with one attached hydrogen (secondary N) is 1. The Morgan fingerprint density at radius 1 is 1.10 bits per heavy atom. The van der Waals surface area contributed by atoms with Crippen molar-refractivity contribution in [2.45, 2.75) is 53.1 Å². The van der Waals surface area contributed by atoms with Crippen molar-refractivity contribution >= 4 is 20.8 Å². The Balaban J connectivity index is 1.87. The standard InChI is InChI=1S/C21H28N4O3S/c1-15-14-16(2)24(23-15)13-9-12-22-18-19(17-10-7-6-8-11-17)29(27,28)25(20(18)26)21(3,4)5/h6-8,10-11,14,22H,9,12-13H2,1-5H3. The molecule has 0 aliphatic carbocycles. The van der Waals surface area contributed by atoms with E-state index in [1.165, 1.54) is 0 Å². The molecule has 0 atom stereocenters. The van der Waals surface area contributed by atoms with Crippen LogP contribution in [0.1, 0.15) is 44.1 Å². The first-order valence-electron chi connectivity index (χ1n) is 9.68. The normalized spacial score (nSPS) is 16.6. The molecule has 7 nitrogen and oxygen atoms in total. The molecule has 0 bridgehead atoms. The smallest absolute Gasteiger partial charge is 0.285 e. The second-order valence-corrected chi connectivity index (χ2v) is 9.97. The number of amides is 1. The van der Waals surface area contributed by atoms with Crippen molar-refractivity contribution in [3.63, 3.8) is 0 Å². The number of nitrogens with zero attached hydrogens (tertiary/aromatic N) is 3. The summed E-state index contributed by atoms with van der Waals surface area (Å²) >= 11 is 0.